The first-order valence-corrected chi connectivity index (χ1v) is 27.6. The smallest absolute Gasteiger partial charge is 0.220 e. The fourth-order valence-electron chi connectivity index (χ4n) is 7.96. The van der Waals surface area contributed by atoms with E-state index in [-0.39, 0.29) is 12.5 Å². The van der Waals surface area contributed by atoms with Gasteiger partial charge < -0.3 is 40.3 Å². The zero-order chi connectivity index (χ0) is 50.1. The summed E-state index contributed by atoms with van der Waals surface area (Å²) in [6.45, 7) is 3.63. The topological polar surface area (TPSA) is 149 Å². The van der Waals surface area contributed by atoms with Crippen molar-refractivity contribution in [3.63, 3.8) is 0 Å². The number of nitrogens with one attached hydrogen (secondary N) is 1. The molecule has 0 saturated carbocycles. The van der Waals surface area contributed by atoms with Crippen molar-refractivity contribution in [2.75, 3.05) is 13.2 Å². The van der Waals surface area contributed by atoms with Gasteiger partial charge in [-0.3, -0.25) is 4.79 Å². The van der Waals surface area contributed by atoms with Gasteiger partial charge in [0.05, 0.1) is 25.4 Å². The predicted octanol–water partition coefficient (Wildman–Crippen LogP) is 13.4. The van der Waals surface area contributed by atoms with Crippen LogP contribution in [0.3, 0.4) is 0 Å². The molecule has 0 bridgehead atoms. The molecule has 1 saturated heterocycles. The Morgan fingerprint density at radius 3 is 1.39 bits per heavy atom. The van der Waals surface area contributed by atoms with Crippen LogP contribution in [0.15, 0.2) is 109 Å². The molecular formula is C60H101NO8. The maximum Gasteiger partial charge on any atom is 0.220 e. The fraction of sp³-hybridized carbons (Fsp3) is 0.683. The molecule has 394 valence electrons. The highest BCUT2D eigenvalue weighted by atomic mass is 16.7. The van der Waals surface area contributed by atoms with Gasteiger partial charge in [0.2, 0.25) is 5.91 Å². The molecule has 6 N–H and O–H groups in total. The highest BCUT2D eigenvalue weighted by Gasteiger charge is 2.44. The minimum absolute atomic E-state index is 0.204. The van der Waals surface area contributed by atoms with E-state index < -0.39 is 49.5 Å². The Balaban J connectivity index is 2.30. The molecule has 1 aliphatic heterocycles. The van der Waals surface area contributed by atoms with Gasteiger partial charge in [-0.1, -0.05) is 213 Å². The molecule has 0 aromatic rings. The third-order valence-electron chi connectivity index (χ3n) is 12.3. The van der Waals surface area contributed by atoms with Crippen molar-refractivity contribution < 1.29 is 39.8 Å². The third kappa shape index (κ3) is 38.2. The zero-order valence-corrected chi connectivity index (χ0v) is 43.5. The van der Waals surface area contributed by atoms with Crippen molar-refractivity contribution in [3.8, 4) is 0 Å². The number of carbonyl (C=O) groups is 1. The van der Waals surface area contributed by atoms with E-state index in [0.29, 0.717) is 6.42 Å². The van der Waals surface area contributed by atoms with E-state index in [1.807, 2.05) is 6.08 Å². The van der Waals surface area contributed by atoms with Crippen LogP contribution in [0.2, 0.25) is 0 Å². The summed E-state index contributed by atoms with van der Waals surface area (Å²) in [4.78, 5) is 13.0. The molecule has 7 atom stereocenters. The van der Waals surface area contributed by atoms with Gasteiger partial charge in [-0.05, 0) is 96.3 Å². The molecule has 9 nitrogen and oxygen atoms in total. The van der Waals surface area contributed by atoms with Crippen LogP contribution in [0, 0.1) is 0 Å². The molecule has 69 heavy (non-hydrogen) atoms. The van der Waals surface area contributed by atoms with Crippen LogP contribution >= 0.6 is 0 Å². The maximum absolute atomic E-state index is 13.0. The molecular weight excluding hydrogens is 863 g/mol. The Morgan fingerprint density at radius 2 is 0.913 bits per heavy atom. The van der Waals surface area contributed by atoms with Crippen LogP contribution in [0.4, 0.5) is 0 Å². The van der Waals surface area contributed by atoms with E-state index in [9.17, 15) is 30.3 Å². The van der Waals surface area contributed by atoms with Crippen molar-refractivity contribution in [1.29, 1.82) is 0 Å². The monoisotopic (exact) mass is 964 g/mol. The second-order valence-electron chi connectivity index (χ2n) is 18.6. The first kappa shape index (κ1) is 63.9. The lowest BCUT2D eigenvalue weighted by Gasteiger charge is -2.40. The van der Waals surface area contributed by atoms with E-state index in [1.165, 1.54) is 83.5 Å². The molecule has 0 aromatic carbocycles. The van der Waals surface area contributed by atoms with Crippen LogP contribution in [0.1, 0.15) is 206 Å². The number of rotatable bonds is 45. The van der Waals surface area contributed by atoms with Crippen molar-refractivity contribution in [2.45, 2.75) is 249 Å². The van der Waals surface area contributed by atoms with Crippen LogP contribution in [-0.2, 0) is 14.3 Å². The predicted molar refractivity (Wildman–Crippen MR) is 290 cm³/mol. The number of ether oxygens (including phenoxy) is 2. The highest BCUT2D eigenvalue weighted by molar-refractivity contribution is 5.76. The van der Waals surface area contributed by atoms with Gasteiger partial charge in [-0.25, -0.2) is 0 Å². The van der Waals surface area contributed by atoms with Crippen LogP contribution < -0.4 is 5.32 Å². The second kappa shape index (κ2) is 48.5. The first-order valence-electron chi connectivity index (χ1n) is 27.6. The lowest BCUT2D eigenvalue weighted by Crippen LogP contribution is -2.60. The third-order valence-corrected chi connectivity index (χ3v) is 12.3. The van der Waals surface area contributed by atoms with Gasteiger partial charge in [0.25, 0.3) is 0 Å². The highest BCUT2D eigenvalue weighted by Crippen LogP contribution is 2.22. The Hall–Kier alpha value is -3.15. The largest absolute Gasteiger partial charge is 0.394 e. The number of aliphatic hydroxyl groups is 5. The summed E-state index contributed by atoms with van der Waals surface area (Å²) in [6.07, 6.45) is 64.2. The van der Waals surface area contributed by atoms with E-state index in [4.69, 9.17) is 9.47 Å². The van der Waals surface area contributed by atoms with E-state index >= 15 is 0 Å². The van der Waals surface area contributed by atoms with Crippen molar-refractivity contribution in [3.05, 3.63) is 109 Å². The van der Waals surface area contributed by atoms with Gasteiger partial charge in [-0.15, -0.1) is 0 Å². The average molecular weight is 964 g/mol. The summed E-state index contributed by atoms with van der Waals surface area (Å²) in [7, 11) is 0. The van der Waals surface area contributed by atoms with Crippen molar-refractivity contribution in [1.82, 2.24) is 5.32 Å². The van der Waals surface area contributed by atoms with Crippen LogP contribution in [0.5, 0.6) is 0 Å². The van der Waals surface area contributed by atoms with Gasteiger partial charge >= 0.3 is 0 Å². The molecule has 0 spiro atoms. The van der Waals surface area contributed by atoms with E-state index in [1.54, 1.807) is 6.08 Å². The van der Waals surface area contributed by atoms with Gasteiger partial charge in [0, 0.05) is 6.42 Å². The normalized spacial score (nSPS) is 20.4. The lowest BCUT2D eigenvalue weighted by molar-refractivity contribution is -0.302. The summed E-state index contributed by atoms with van der Waals surface area (Å²) in [5, 5.41) is 54.4. The SMILES string of the molecule is CC/C=C\C/C=C\C/C=C\C/C=C\C/C=C\C/C=C\CCCCCCCCCCC(=O)NC(COC1OC(CO)C(O)C(O)C1O)C(O)/C=C/CC/C=C/CC/C=C/CCCCCCCCCCC. The summed E-state index contributed by atoms with van der Waals surface area (Å²) in [6, 6.07) is -0.841. The summed E-state index contributed by atoms with van der Waals surface area (Å²) in [5.41, 5.74) is 0. The standard InChI is InChI=1S/C60H101NO8/c1-3-5-7-9-11-13-15-17-19-21-23-24-25-26-27-28-29-30-32-34-36-38-40-42-44-46-48-50-56(64)61-53(52-68-60-59(67)58(66)57(65)55(51-62)69-60)54(63)49-47-45-43-41-39-37-35-33-31-22-20-18-16-14-12-10-8-6-4-2/h5,7,11,13,17,19,23-24,26-27,29-31,33,39,41,47,49,53-55,57-60,62-63,65-67H,3-4,6,8-10,12,14-16,18,20-22,25,28,32,34-38,40,42-46,48,50-52H2,1-2H3,(H,61,64)/b7-5-,13-11-,19-17-,24-23-,27-26-,30-29-,33-31+,41-39+,49-47+. The molecule has 1 amide bonds. The minimum Gasteiger partial charge on any atom is -0.394 e. The number of amides is 1. The van der Waals surface area contributed by atoms with Crippen LogP contribution in [-0.4, -0.2) is 87.5 Å². The van der Waals surface area contributed by atoms with Gasteiger partial charge in [0.15, 0.2) is 6.29 Å². The number of unbranched alkanes of at least 4 members (excludes halogenated alkanes) is 19. The number of hydrogen-bond acceptors (Lipinski definition) is 8. The van der Waals surface area contributed by atoms with E-state index in [0.717, 1.165) is 103 Å². The zero-order valence-electron chi connectivity index (χ0n) is 43.5. The number of allylic oxidation sites excluding steroid dienone is 17. The van der Waals surface area contributed by atoms with Gasteiger partial charge in [0.1, 0.15) is 24.4 Å². The van der Waals surface area contributed by atoms with Crippen molar-refractivity contribution in [2.24, 2.45) is 0 Å². The Labute approximate surface area is 421 Å². The minimum atomic E-state index is -1.58. The summed E-state index contributed by atoms with van der Waals surface area (Å²) in [5.74, 6) is -0.204. The molecule has 0 aliphatic carbocycles. The maximum atomic E-state index is 13.0. The summed E-state index contributed by atoms with van der Waals surface area (Å²) >= 11 is 0. The Bertz CT molecular complexity index is 1440. The van der Waals surface area contributed by atoms with E-state index in [2.05, 4.69) is 116 Å². The molecule has 7 unspecified atom stereocenters. The van der Waals surface area contributed by atoms with Crippen LogP contribution in [0.25, 0.3) is 0 Å². The first-order chi connectivity index (χ1) is 33.8. The second-order valence-corrected chi connectivity index (χ2v) is 18.6. The number of hydrogen-bond donors (Lipinski definition) is 6. The molecule has 1 rings (SSSR count). The number of carbonyl (C=O) groups excluding carboxylic acids is 1. The Morgan fingerprint density at radius 1 is 0.507 bits per heavy atom. The molecule has 9 heteroatoms. The molecule has 1 fully saturated rings. The lowest BCUT2D eigenvalue weighted by atomic mass is 9.99. The molecule has 0 aromatic heterocycles. The summed E-state index contributed by atoms with van der Waals surface area (Å²) < 4.78 is 11.2. The Kier molecular flexibility index (Phi) is 44.9. The molecule has 1 aliphatic rings. The van der Waals surface area contributed by atoms with Gasteiger partial charge in [-0.2, -0.15) is 0 Å². The fourth-order valence-corrected chi connectivity index (χ4v) is 7.96. The van der Waals surface area contributed by atoms with Crippen molar-refractivity contribution >= 4 is 5.91 Å². The molecule has 1 heterocycles. The number of aliphatic hydroxyl groups excluding tert-OH is 5. The molecule has 0 radical (unpaired) electrons. The quantitative estimate of drug-likeness (QED) is 0.0261. The average Bonchev–Trinajstić information content (AvgIpc) is 3.35.